The van der Waals surface area contributed by atoms with Gasteiger partial charge < -0.3 is 10.1 Å². The summed E-state index contributed by atoms with van der Waals surface area (Å²) in [5, 5.41) is 12.9. The minimum atomic E-state index is -0.515. The summed E-state index contributed by atoms with van der Waals surface area (Å²) >= 11 is 6.05. The Bertz CT molecular complexity index is 592. The summed E-state index contributed by atoms with van der Waals surface area (Å²) in [5.41, 5.74) is 1.47. The molecule has 0 aliphatic rings. The molecule has 96 valence electrons. The standard InChI is InChI=1S/C14H12ClN3O/c1-19-14-7-6-10(9-17-14)13(8-16)18-12-5-3-2-4-11(12)15/h2-7,9,13,18H,1H3. The molecule has 1 atom stereocenters. The van der Waals surface area contributed by atoms with Gasteiger partial charge in [0, 0.05) is 17.8 Å². The van der Waals surface area contributed by atoms with Crippen LogP contribution in [0, 0.1) is 11.3 Å². The quantitative estimate of drug-likeness (QED) is 0.927. The van der Waals surface area contributed by atoms with Crippen LogP contribution in [0.1, 0.15) is 11.6 Å². The van der Waals surface area contributed by atoms with E-state index in [0.29, 0.717) is 16.6 Å². The molecule has 1 heterocycles. The second-order valence-electron chi connectivity index (χ2n) is 3.82. The molecule has 0 bridgehead atoms. The Kier molecular flexibility index (Phi) is 4.22. The number of pyridine rings is 1. The fourth-order valence-electron chi connectivity index (χ4n) is 1.61. The number of rotatable bonds is 4. The van der Waals surface area contributed by atoms with E-state index >= 15 is 0 Å². The zero-order valence-electron chi connectivity index (χ0n) is 10.3. The van der Waals surface area contributed by atoms with Gasteiger partial charge >= 0.3 is 0 Å². The van der Waals surface area contributed by atoms with Gasteiger partial charge in [-0.1, -0.05) is 23.7 Å². The van der Waals surface area contributed by atoms with E-state index in [1.165, 1.54) is 0 Å². The molecule has 0 spiro atoms. The average molecular weight is 274 g/mol. The van der Waals surface area contributed by atoms with Crippen molar-refractivity contribution in [3.63, 3.8) is 0 Å². The molecule has 1 N–H and O–H groups in total. The van der Waals surface area contributed by atoms with Crippen LogP contribution in [0.25, 0.3) is 0 Å². The lowest BCUT2D eigenvalue weighted by atomic mass is 10.1. The molecular formula is C14H12ClN3O. The lowest BCUT2D eigenvalue weighted by Gasteiger charge is -2.14. The molecule has 5 heteroatoms. The van der Waals surface area contributed by atoms with Crippen molar-refractivity contribution in [2.24, 2.45) is 0 Å². The first-order valence-electron chi connectivity index (χ1n) is 5.65. The molecule has 0 saturated carbocycles. The maximum absolute atomic E-state index is 9.24. The van der Waals surface area contributed by atoms with Gasteiger partial charge in [0.15, 0.2) is 0 Å². The minimum Gasteiger partial charge on any atom is -0.481 e. The molecule has 2 aromatic rings. The van der Waals surface area contributed by atoms with Crippen LogP contribution in [-0.2, 0) is 0 Å². The third-order valence-corrected chi connectivity index (χ3v) is 2.93. The van der Waals surface area contributed by atoms with Crippen LogP contribution in [-0.4, -0.2) is 12.1 Å². The van der Waals surface area contributed by atoms with Crippen molar-refractivity contribution in [3.05, 3.63) is 53.2 Å². The number of nitrogens with zero attached hydrogens (tertiary/aromatic N) is 2. The third-order valence-electron chi connectivity index (χ3n) is 2.60. The maximum atomic E-state index is 9.24. The molecule has 0 amide bonds. The molecule has 4 nitrogen and oxygen atoms in total. The summed E-state index contributed by atoms with van der Waals surface area (Å²) in [6.45, 7) is 0. The van der Waals surface area contributed by atoms with E-state index in [9.17, 15) is 5.26 Å². The van der Waals surface area contributed by atoms with E-state index < -0.39 is 6.04 Å². The van der Waals surface area contributed by atoms with Gasteiger partial charge in [-0.05, 0) is 18.2 Å². The first kappa shape index (κ1) is 13.2. The van der Waals surface area contributed by atoms with Crippen LogP contribution >= 0.6 is 11.6 Å². The third kappa shape index (κ3) is 3.15. The Morgan fingerprint density at radius 2 is 2.11 bits per heavy atom. The normalized spacial score (nSPS) is 11.4. The number of halogens is 1. The second-order valence-corrected chi connectivity index (χ2v) is 4.23. The summed E-state index contributed by atoms with van der Waals surface area (Å²) in [5.74, 6) is 0.512. The highest BCUT2D eigenvalue weighted by Gasteiger charge is 2.12. The molecule has 1 aromatic carbocycles. The first-order chi connectivity index (χ1) is 9.24. The monoisotopic (exact) mass is 273 g/mol. The number of aromatic nitrogens is 1. The van der Waals surface area contributed by atoms with Crippen LogP contribution in [0.4, 0.5) is 5.69 Å². The number of hydrogen-bond donors (Lipinski definition) is 1. The summed E-state index contributed by atoms with van der Waals surface area (Å²) in [4.78, 5) is 4.08. The molecule has 0 aliphatic heterocycles. The molecule has 1 unspecified atom stereocenters. The Morgan fingerprint density at radius 1 is 1.32 bits per heavy atom. The van der Waals surface area contributed by atoms with E-state index in [1.54, 1.807) is 31.5 Å². The second kappa shape index (κ2) is 6.07. The number of hydrogen-bond acceptors (Lipinski definition) is 4. The summed E-state index contributed by atoms with van der Waals surface area (Å²) < 4.78 is 4.98. The topological polar surface area (TPSA) is 57.9 Å². The van der Waals surface area contributed by atoms with Gasteiger partial charge in [0.05, 0.1) is 23.9 Å². The van der Waals surface area contributed by atoms with Gasteiger partial charge in [-0.2, -0.15) is 5.26 Å². The van der Waals surface area contributed by atoms with Crippen molar-refractivity contribution in [2.45, 2.75) is 6.04 Å². The van der Waals surface area contributed by atoms with Gasteiger partial charge in [-0.15, -0.1) is 0 Å². The first-order valence-corrected chi connectivity index (χ1v) is 6.03. The Hall–Kier alpha value is -2.25. The number of methoxy groups -OCH3 is 1. The van der Waals surface area contributed by atoms with Crippen molar-refractivity contribution < 1.29 is 4.74 Å². The van der Waals surface area contributed by atoms with Crippen LogP contribution in [0.2, 0.25) is 5.02 Å². The predicted molar refractivity (Wildman–Crippen MR) is 74.2 cm³/mol. The Labute approximate surface area is 116 Å². The van der Waals surface area contributed by atoms with E-state index in [4.69, 9.17) is 16.3 Å². The number of benzene rings is 1. The Morgan fingerprint density at radius 3 is 2.68 bits per heavy atom. The average Bonchev–Trinajstić information content (AvgIpc) is 2.47. The lowest BCUT2D eigenvalue weighted by molar-refractivity contribution is 0.397. The molecule has 0 saturated heterocycles. The summed E-state index contributed by atoms with van der Waals surface area (Å²) in [6.07, 6.45) is 1.61. The molecule has 0 radical (unpaired) electrons. The molecule has 0 aliphatic carbocycles. The van der Waals surface area contributed by atoms with Crippen molar-refractivity contribution >= 4 is 17.3 Å². The molecule has 0 fully saturated rings. The smallest absolute Gasteiger partial charge is 0.212 e. The van der Waals surface area contributed by atoms with Crippen LogP contribution in [0.5, 0.6) is 5.88 Å². The van der Waals surface area contributed by atoms with Gasteiger partial charge in [-0.3, -0.25) is 0 Å². The minimum absolute atomic E-state index is 0.512. The van der Waals surface area contributed by atoms with Gasteiger partial charge in [0.1, 0.15) is 6.04 Å². The highest BCUT2D eigenvalue weighted by Crippen LogP contribution is 2.25. The van der Waals surface area contributed by atoms with Gasteiger partial charge in [0.2, 0.25) is 5.88 Å². The van der Waals surface area contributed by atoms with E-state index in [2.05, 4.69) is 16.4 Å². The van der Waals surface area contributed by atoms with Crippen LogP contribution in [0.15, 0.2) is 42.6 Å². The van der Waals surface area contributed by atoms with E-state index in [1.807, 2.05) is 18.2 Å². The number of ether oxygens (including phenoxy) is 1. The van der Waals surface area contributed by atoms with Crippen molar-refractivity contribution in [3.8, 4) is 11.9 Å². The largest absolute Gasteiger partial charge is 0.481 e. The lowest BCUT2D eigenvalue weighted by Crippen LogP contribution is -2.09. The van der Waals surface area contributed by atoms with E-state index in [-0.39, 0.29) is 0 Å². The molecule has 2 rings (SSSR count). The zero-order valence-corrected chi connectivity index (χ0v) is 11.1. The van der Waals surface area contributed by atoms with Gasteiger partial charge in [-0.25, -0.2) is 4.98 Å². The molecular weight excluding hydrogens is 262 g/mol. The van der Waals surface area contributed by atoms with Crippen molar-refractivity contribution in [1.29, 1.82) is 5.26 Å². The number of nitriles is 1. The summed E-state index contributed by atoms with van der Waals surface area (Å²) in [6, 6.07) is 12.5. The fraction of sp³-hybridized carbons (Fsp3) is 0.143. The van der Waals surface area contributed by atoms with E-state index in [0.717, 1.165) is 5.56 Å². The number of nitrogens with one attached hydrogen (secondary N) is 1. The highest BCUT2D eigenvalue weighted by atomic mass is 35.5. The maximum Gasteiger partial charge on any atom is 0.212 e. The number of para-hydroxylation sites is 1. The van der Waals surface area contributed by atoms with Crippen molar-refractivity contribution in [1.82, 2.24) is 4.98 Å². The SMILES string of the molecule is COc1ccc(C(C#N)Nc2ccccc2Cl)cn1. The Balaban J connectivity index is 2.21. The highest BCUT2D eigenvalue weighted by molar-refractivity contribution is 6.33. The molecule has 19 heavy (non-hydrogen) atoms. The van der Waals surface area contributed by atoms with Gasteiger partial charge in [0.25, 0.3) is 0 Å². The summed E-state index contributed by atoms with van der Waals surface area (Å²) in [7, 11) is 1.55. The van der Waals surface area contributed by atoms with Crippen LogP contribution in [0.3, 0.4) is 0 Å². The fourth-order valence-corrected chi connectivity index (χ4v) is 1.80. The predicted octanol–water partition coefficient (Wildman–Crippen LogP) is 3.42. The van der Waals surface area contributed by atoms with Crippen molar-refractivity contribution in [2.75, 3.05) is 12.4 Å². The number of anilines is 1. The van der Waals surface area contributed by atoms with Crippen LogP contribution < -0.4 is 10.1 Å². The molecule has 1 aromatic heterocycles. The zero-order chi connectivity index (χ0) is 13.7.